The number of likely N-dealkylation sites (tertiary alicyclic amines) is 1. The number of rotatable bonds is 4. The Bertz CT molecular complexity index is 365. The van der Waals surface area contributed by atoms with Gasteiger partial charge in [-0.1, -0.05) is 30.9 Å². The van der Waals surface area contributed by atoms with Gasteiger partial charge in [-0.05, 0) is 33.1 Å². The number of amides is 2. The monoisotopic (exact) mass is 249 g/mol. The van der Waals surface area contributed by atoms with Crippen LogP contribution in [-0.2, 0) is 9.59 Å². The quantitative estimate of drug-likeness (QED) is 0.436. The minimum atomic E-state index is -0.0668. The molecule has 0 spiro atoms. The van der Waals surface area contributed by atoms with Gasteiger partial charge in [0.1, 0.15) is 0 Å². The van der Waals surface area contributed by atoms with Gasteiger partial charge in [-0.25, -0.2) is 0 Å². The first-order chi connectivity index (χ1) is 8.56. The van der Waals surface area contributed by atoms with Crippen molar-refractivity contribution in [1.82, 2.24) is 4.90 Å². The molecule has 3 nitrogen and oxygen atoms in total. The minimum Gasteiger partial charge on any atom is -0.282 e. The standard InChI is InChI=1S/C15H23NO2/c1-4-5-6-7-16-14(17)12-8-10(2)11(3)9-13(12)15(16)18/h12-13H,4-9H2,1-3H3. The predicted octanol–water partition coefficient (Wildman–Crippen LogP) is 2.91. The summed E-state index contributed by atoms with van der Waals surface area (Å²) >= 11 is 0. The van der Waals surface area contributed by atoms with Crippen LogP contribution < -0.4 is 0 Å². The molecular formula is C15H23NO2. The molecule has 0 bridgehead atoms. The van der Waals surface area contributed by atoms with Crippen LogP contribution in [0.25, 0.3) is 0 Å². The molecule has 0 aromatic rings. The van der Waals surface area contributed by atoms with E-state index in [1.165, 1.54) is 16.0 Å². The van der Waals surface area contributed by atoms with Gasteiger partial charge in [0, 0.05) is 6.54 Å². The molecule has 1 aliphatic carbocycles. The molecule has 0 N–H and O–H groups in total. The third kappa shape index (κ3) is 2.23. The summed E-state index contributed by atoms with van der Waals surface area (Å²) in [5.74, 6) is 0.0200. The number of hydrogen-bond donors (Lipinski definition) is 0. The second kappa shape index (κ2) is 5.25. The van der Waals surface area contributed by atoms with Crippen LogP contribution in [0.4, 0.5) is 0 Å². The lowest BCUT2D eigenvalue weighted by atomic mass is 9.78. The summed E-state index contributed by atoms with van der Waals surface area (Å²) in [7, 11) is 0. The fourth-order valence-electron chi connectivity index (χ4n) is 3.06. The molecule has 0 aromatic carbocycles. The van der Waals surface area contributed by atoms with E-state index < -0.39 is 0 Å². The zero-order valence-corrected chi connectivity index (χ0v) is 11.7. The van der Waals surface area contributed by atoms with Crippen LogP contribution in [0.2, 0.25) is 0 Å². The van der Waals surface area contributed by atoms with Crippen molar-refractivity contribution in [2.75, 3.05) is 6.54 Å². The van der Waals surface area contributed by atoms with Gasteiger partial charge in [-0.15, -0.1) is 0 Å². The molecule has 2 unspecified atom stereocenters. The SMILES string of the molecule is CCCCCN1C(=O)C2CC(C)=C(C)CC2C1=O. The van der Waals surface area contributed by atoms with E-state index >= 15 is 0 Å². The van der Waals surface area contributed by atoms with Crippen molar-refractivity contribution >= 4 is 11.8 Å². The summed E-state index contributed by atoms with van der Waals surface area (Å²) in [5.41, 5.74) is 2.60. The first-order valence-electron chi connectivity index (χ1n) is 7.06. The molecule has 0 radical (unpaired) electrons. The molecule has 2 atom stereocenters. The molecule has 2 rings (SSSR count). The van der Waals surface area contributed by atoms with Crippen LogP contribution >= 0.6 is 0 Å². The highest BCUT2D eigenvalue weighted by Gasteiger charge is 2.48. The Morgan fingerprint density at radius 3 is 1.94 bits per heavy atom. The summed E-state index contributed by atoms with van der Waals surface area (Å²) in [4.78, 5) is 26.1. The largest absolute Gasteiger partial charge is 0.282 e. The van der Waals surface area contributed by atoms with E-state index in [0.29, 0.717) is 6.54 Å². The predicted molar refractivity (Wildman–Crippen MR) is 70.8 cm³/mol. The molecule has 2 aliphatic rings. The van der Waals surface area contributed by atoms with Gasteiger partial charge < -0.3 is 0 Å². The lowest BCUT2D eigenvalue weighted by Gasteiger charge is -2.23. The Morgan fingerprint density at radius 1 is 1.00 bits per heavy atom. The van der Waals surface area contributed by atoms with E-state index in [1.54, 1.807) is 0 Å². The van der Waals surface area contributed by atoms with Gasteiger partial charge in [-0.2, -0.15) is 0 Å². The molecule has 0 aromatic heterocycles. The van der Waals surface area contributed by atoms with E-state index in [0.717, 1.165) is 32.1 Å². The van der Waals surface area contributed by atoms with Gasteiger partial charge >= 0.3 is 0 Å². The van der Waals surface area contributed by atoms with Crippen molar-refractivity contribution in [3.8, 4) is 0 Å². The van der Waals surface area contributed by atoms with Crippen molar-refractivity contribution in [2.24, 2.45) is 11.8 Å². The second-order valence-electron chi connectivity index (χ2n) is 5.72. The van der Waals surface area contributed by atoms with Gasteiger partial charge in [0.05, 0.1) is 11.8 Å². The number of carbonyl (C=O) groups excluding carboxylic acids is 2. The maximum atomic E-state index is 12.3. The maximum absolute atomic E-state index is 12.3. The molecule has 100 valence electrons. The molecule has 18 heavy (non-hydrogen) atoms. The summed E-state index contributed by atoms with van der Waals surface area (Å²) in [6, 6.07) is 0. The summed E-state index contributed by atoms with van der Waals surface area (Å²) in [6.45, 7) is 6.92. The fourth-order valence-corrected chi connectivity index (χ4v) is 3.06. The van der Waals surface area contributed by atoms with Crippen LogP contribution in [0.15, 0.2) is 11.1 Å². The van der Waals surface area contributed by atoms with Gasteiger partial charge in [0.2, 0.25) is 11.8 Å². The number of allylic oxidation sites excluding steroid dienone is 2. The first-order valence-corrected chi connectivity index (χ1v) is 7.06. The zero-order chi connectivity index (χ0) is 13.3. The third-order valence-electron chi connectivity index (χ3n) is 4.42. The summed E-state index contributed by atoms with van der Waals surface area (Å²) < 4.78 is 0. The molecule has 3 heteroatoms. The van der Waals surface area contributed by atoms with E-state index in [4.69, 9.17) is 0 Å². The number of hydrogen-bond acceptors (Lipinski definition) is 2. The van der Waals surface area contributed by atoms with Crippen LogP contribution in [0.5, 0.6) is 0 Å². The van der Waals surface area contributed by atoms with Crippen molar-refractivity contribution in [3.63, 3.8) is 0 Å². The van der Waals surface area contributed by atoms with Crippen molar-refractivity contribution in [3.05, 3.63) is 11.1 Å². The average molecular weight is 249 g/mol. The Hall–Kier alpha value is -1.12. The molecule has 1 fully saturated rings. The third-order valence-corrected chi connectivity index (χ3v) is 4.42. The Kier molecular flexibility index (Phi) is 3.88. The van der Waals surface area contributed by atoms with Gasteiger partial charge in [-0.3, -0.25) is 14.5 Å². The van der Waals surface area contributed by atoms with Gasteiger partial charge in [0.25, 0.3) is 0 Å². The Morgan fingerprint density at radius 2 is 1.50 bits per heavy atom. The zero-order valence-electron chi connectivity index (χ0n) is 11.7. The average Bonchev–Trinajstić information content (AvgIpc) is 2.56. The molecule has 1 heterocycles. The minimum absolute atomic E-state index is 0.0668. The van der Waals surface area contributed by atoms with Crippen LogP contribution in [-0.4, -0.2) is 23.3 Å². The van der Waals surface area contributed by atoms with E-state index in [2.05, 4.69) is 20.8 Å². The van der Waals surface area contributed by atoms with Crippen LogP contribution in [0, 0.1) is 11.8 Å². The topological polar surface area (TPSA) is 37.4 Å². The van der Waals surface area contributed by atoms with E-state index in [1.807, 2.05) is 0 Å². The molecular weight excluding hydrogens is 226 g/mol. The normalized spacial score (nSPS) is 28.1. The van der Waals surface area contributed by atoms with E-state index in [9.17, 15) is 9.59 Å². The highest BCUT2D eigenvalue weighted by Crippen LogP contribution is 2.40. The smallest absolute Gasteiger partial charge is 0.233 e. The summed E-state index contributed by atoms with van der Waals surface area (Å²) in [6.07, 6.45) is 4.71. The molecule has 0 saturated carbocycles. The highest BCUT2D eigenvalue weighted by atomic mass is 16.2. The van der Waals surface area contributed by atoms with Crippen LogP contribution in [0.1, 0.15) is 52.9 Å². The number of unbranched alkanes of at least 4 members (excludes halogenated alkanes) is 2. The molecule has 2 amide bonds. The number of nitrogens with zero attached hydrogens (tertiary/aromatic N) is 1. The summed E-state index contributed by atoms with van der Waals surface area (Å²) in [5, 5.41) is 0. The lowest BCUT2D eigenvalue weighted by Crippen LogP contribution is -2.32. The number of fused-ring (bicyclic) bond motifs is 1. The number of carbonyl (C=O) groups is 2. The van der Waals surface area contributed by atoms with Crippen LogP contribution in [0.3, 0.4) is 0 Å². The highest BCUT2D eigenvalue weighted by molar-refractivity contribution is 6.05. The maximum Gasteiger partial charge on any atom is 0.233 e. The Balaban J connectivity index is 2.07. The molecule has 1 saturated heterocycles. The van der Waals surface area contributed by atoms with Gasteiger partial charge in [0.15, 0.2) is 0 Å². The lowest BCUT2D eigenvalue weighted by molar-refractivity contribution is -0.139. The van der Waals surface area contributed by atoms with E-state index in [-0.39, 0.29) is 23.7 Å². The molecule has 1 aliphatic heterocycles. The van der Waals surface area contributed by atoms with Crippen molar-refractivity contribution in [2.45, 2.75) is 52.9 Å². The first kappa shape index (κ1) is 13.3. The van der Waals surface area contributed by atoms with Crippen molar-refractivity contribution in [1.29, 1.82) is 0 Å². The van der Waals surface area contributed by atoms with Crippen molar-refractivity contribution < 1.29 is 9.59 Å². The Labute approximate surface area is 109 Å². The second-order valence-corrected chi connectivity index (χ2v) is 5.72. The number of imide groups is 1. The fraction of sp³-hybridized carbons (Fsp3) is 0.733.